The molecule has 1 N–H and O–H groups in total. The number of rotatable bonds is 2. The number of methoxy groups -OCH3 is 1. The van der Waals surface area contributed by atoms with Gasteiger partial charge in [-0.25, -0.2) is 0 Å². The van der Waals surface area contributed by atoms with Gasteiger partial charge in [0.2, 0.25) is 0 Å². The number of benzene rings is 1. The maximum absolute atomic E-state index is 11.7. The molecule has 1 aromatic carbocycles. The summed E-state index contributed by atoms with van der Waals surface area (Å²) in [5, 5.41) is 2.61. The van der Waals surface area contributed by atoms with Crippen LogP contribution in [0.3, 0.4) is 0 Å². The number of nitrogens with one attached hydrogen (secondary N) is 1. The third-order valence-electron chi connectivity index (χ3n) is 2.57. The molecule has 0 unspecified atom stereocenters. The molecule has 0 radical (unpaired) electrons. The maximum Gasteiger partial charge on any atom is 0.252 e. The fourth-order valence-electron chi connectivity index (χ4n) is 1.62. The zero-order chi connectivity index (χ0) is 13.2. The van der Waals surface area contributed by atoms with Gasteiger partial charge in [-0.1, -0.05) is 20.8 Å². The smallest absolute Gasteiger partial charge is 0.252 e. The molecule has 0 heterocycles. The van der Waals surface area contributed by atoms with Crippen LogP contribution in [0.25, 0.3) is 0 Å². The molecule has 0 atom stereocenters. The standard InChI is InChI=1S/C13H18BrNO2/c1-13(2,3)9-7-10(14)8(12(16)15-4)6-11(9)17-5/h6-7H,1-5H3,(H,15,16). The molecule has 0 fully saturated rings. The van der Waals surface area contributed by atoms with E-state index in [0.717, 1.165) is 15.8 Å². The number of ether oxygens (including phenoxy) is 1. The summed E-state index contributed by atoms with van der Waals surface area (Å²) in [5.74, 6) is 0.606. The van der Waals surface area contributed by atoms with Gasteiger partial charge in [0.15, 0.2) is 0 Å². The molecule has 0 aliphatic rings. The minimum Gasteiger partial charge on any atom is -0.496 e. The van der Waals surface area contributed by atoms with Crippen molar-refractivity contribution in [2.45, 2.75) is 26.2 Å². The van der Waals surface area contributed by atoms with Crippen molar-refractivity contribution < 1.29 is 9.53 Å². The SMILES string of the molecule is CNC(=O)c1cc(OC)c(C(C)(C)C)cc1Br. The van der Waals surface area contributed by atoms with Crippen LogP contribution in [0, 0.1) is 0 Å². The molecule has 0 saturated carbocycles. The average molecular weight is 300 g/mol. The summed E-state index contributed by atoms with van der Waals surface area (Å²) in [6.45, 7) is 6.32. The van der Waals surface area contributed by atoms with Crippen molar-refractivity contribution in [2.75, 3.05) is 14.2 Å². The first-order valence-corrected chi connectivity index (χ1v) is 6.20. The quantitative estimate of drug-likeness (QED) is 0.911. The van der Waals surface area contributed by atoms with E-state index >= 15 is 0 Å². The van der Waals surface area contributed by atoms with Crippen LogP contribution in [-0.4, -0.2) is 20.1 Å². The average Bonchev–Trinajstić information content (AvgIpc) is 2.26. The van der Waals surface area contributed by atoms with Gasteiger partial charge in [-0.15, -0.1) is 0 Å². The Bertz CT molecular complexity index is 436. The Morgan fingerprint density at radius 1 is 1.35 bits per heavy atom. The Labute approximate surface area is 111 Å². The molecule has 1 rings (SSSR count). The van der Waals surface area contributed by atoms with Gasteiger partial charge in [-0.05, 0) is 33.5 Å². The van der Waals surface area contributed by atoms with Gasteiger partial charge in [0.25, 0.3) is 5.91 Å². The minimum atomic E-state index is -0.129. The second-order valence-electron chi connectivity index (χ2n) is 4.86. The van der Waals surface area contributed by atoms with Gasteiger partial charge in [0.05, 0.1) is 12.7 Å². The van der Waals surface area contributed by atoms with E-state index < -0.39 is 0 Å². The van der Waals surface area contributed by atoms with Crippen LogP contribution in [0.2, 0.25) is 0 Å². The van der Waals surface area contributed by atoms with Crippen molar-refractivity contribution in [3.63, 3.8) is 0 Å². The lowest BCUT2D eigenvalue weighted by Crippen LogP contribution is -2.20. The van der Waals surface area contributed by atoms with Crippen LogP contribution in [0.4, 0.5) is 0 Å². The summed E-state index contributed by atoms with van der Waals surface area (Å²) >= 11 is 3.43. The van der Waals surface area contributed by atoms with Crippen molar-refractivity contribution in [1.29, 1.82) is 0 Å². The molecule has 0 bridgehead atoms. The molecule has 17 heavy (non-hydrogen) atoms. The number of carbonyl (C=O) groups excluding carboxylic acids is 1. The van der Waals surface area contributed by atoms with Crippen molar-refractivity contribution >= 4 is 21.8 Å². The number of amides is 1. The first-order valence-electron chi connectivity index (χ1n) is 5.41. The highest BCUT2D eigenvalue weighted by atomic mass is 79.9. The first-order chi connectivity index (χ1) is 7.81. The number of hydrogen-bond donors (Lipinski definition) is 1. The van der Waals surface area contributed by atoms with Crippen LogP contribution in [0.15, 0.2) is 16.6 Å². The summed E-state index contributed by atoms with van der Waals surface area (Å²) in [6, 6.07) is 3.72. The first kappa shape index (κ1) is 14.0. The van der Waals surface area contributed by atoms with E-state index in [0.29, 0.717) is 5.56 Å². The van der Waals surface area contributed by atoms with Gasteiger partial charge < -0.3 is 10.1 Å². The predicted octanol–water partition coefficient (Wildman–Crippen LogP) is 3.11. The zero-order valence-corrected chi connectivity index (χ0v) is 12.4. The monoisotopic (exact) mass is 299 g/mol. The zero-order valence-electron chi connectivity index (χ0n) is 10.8. The minimum absolute atomic E-state index is 0.0327. The highest BCUT2D eigenvalue weighted by Crippen LogP contribution is 2.35. The van der Waals surface area contributed by atoms with E-state index in [1.54, 1.807) is 20.2 Å². The van der Waals surface area contributed by atoms with E-state index in [2.05, 4.69) is 42.0 Å². The van der Waals surface area contributed by atoms with Gasteiger partial charge in [-0.3, -0.25) is 4.79 Å². The van der Waals surface area contributed by atoms with Crippen LogP contribution < -0.4 is 10.1 Å². The fourth-order valence-corrected chi connectivity index (χ4v) is 2.14. The molecule has 0 aliphatic carbocycles. The maximum atomic E-state index is 11.7. The lowest BCUT2D eigenvalue weighted by molar-refractivity contribution is 0.0962. The van der Waals surface area contributed by atoms with Gasteiger partial charge in [-0.2, -0.15) is 0 Å². The molecule has 3 nitrogen and oxygen atoms in total. The number of carbonyl (C=O) groups is 1. The second-order valence-corrected chi connectivity index (χ2v) is 5.72. The summed E-state index contributed by atoms with van der Waals surface area (Å²) in [4.78, 5) is 11.7. The van der Waals surface area contributed by atoms with E-state index in [4.69, 9.17) is 4.74 Å². The summed E-state index contributed by atoms with van der Waals surface area (Å²) < 4.78 is 6.14. The Hall–Kier alpha value is -1.03. The van der Waals surface area contributed by atoms with Crippen molar-refractivity contribution in [3.8, 4) is 5.75 Å². The van der Waals surface area contributed by atoms with Crippen LogP contribution in [0.5, 0.6) is 5.75 Å². The van der Waals surface area contributed by atoms with Crippen molar-refractivity contribution in [3.05, 3.63) is 27.7 Å². The lowest BCUT2D eigenvalue weighted by Gasteiger charge is -2.23. The van der Waals surface area contributed by atoms with E-state index in [9.17, 15) is 4.79 Å². The number of halogens is 1. The predicted molar refractivity (Wildman–Crippen MR) is 72.8 cm³/mol. The summed E-state index contributed by atoms with van der Waals surface area (Å²) in [7, 11) is 3.23. The van der Waals surface area contributed by atoms with E-state index in [1.807, 2.05) is 6.07 Å². The fraction of sp³-hybridized carbons (Fsp3) is 0.462. The van der Waals surface area contributed by atoms with Crippen molar-refractivity contribution in [2.24, 2.45) is 0 Å². The lowest BCUT2D eigenvalue weighted by atomic mass is 9.85. The molecule has 4 heteroatoms. The largest absolute Gasteiger partial charge is 0.496 e. The molecule has 1 aromatic rings. The summed E-state index contributed by atoms with van der Waals surface area (Å²) in [5.41, 5.74) is 1.62. The topological polar surface area (TPSA) is 38.3 Å². The molecule has 0 aliphatic heterocycles. The molecule has 1 amide bonds. The molecule has 0 spiro atoms. The normalized spacial score (nSPS) is 11.2. The van der Waals surface area contributed by atoms with Gasteiger partial charge >= 0.3 is 0 Å². The van der Waals surface area contributed by atoms with Gasteiger partial charge in [0.1, 0.15) is 5.75 Å². The number of hydrogen-bond acceptors (Lipinski definition) is 2. The van der Waals surface area contributed by atoms with Crippen LogP contribution in [-0.2, 0) is 5.41 Å². The molecule has 0 saturated heterocycles. The molecule has 0 aromatic heterocycles. The highest BCUT2D eigenvalue weighted by molar-refractivity contribution is 9.10. The Morgan fingerprint density at radius 2 is 1.94 bits per heavy atom. The third kappa shape index (κ3) is 3.00. The van der Waals surface area contributed by atoms with E-state index in [1.165, 1.54) is 0 Å². The Kier molecular flexibility index (Phi) is 4.20. The third-order valence-corrected chi connectivity index (χ3v) is 3.22. The molecule has 94 valence electrons. The van der Waals surface area contributed by atoms with Crippen molar-refractivity contribution in [1.82, 2.24) is 5.32 Å². The second kappa shape index (κ2) is 5.08. The highest BCUT2D eigenvalue weighted by Gasteiger charge is 2.22. The Balaban J connectivity index is 3.40. The molecular weight excluding hydrogens is 282 g/mol. The summed E-state index contributed by atoms with van der Waals surface area (Å²) in [6.07, 6.45) is 0. The van der Waals surface area contributed by atoms with Gasteiger partial charge in [0, 0.05) is 17.1 Å². The van der Waals surface area contributed by atoms with E-state index in [-0.39, 0.29) is 11.3 Å². The van der Waals surface area contributed by atoms with Crippen LogP contribution in [0.1, 0.15) is 36.7 Å². The Morgan fingerprint density at radius 3 is 2.35 bits per heavy atom. The van der Waals surface area contributed by atoms with Crippen LogP contribution >= 0.6 is 15.9 Å². The molecular formula is C13H18BrNO2.